The average Bonchev–Trinajstić information content (AvgIpc) is 2.33. The Labute approximate surface area is 92.7 Å². The minimum absolute atomic E-state index is 0.0561. The van der Waals surface area contributed by atoms with E-state index in [2.05, 4.69) is 15.9 Å². The number of benzene rings is 1. The molecule has 0 atom stereocenters. The van der Waals surface area contributed by atoms with Crippen LogP contribution in [0.15, 0.2) is 29.4 Å². The van der Waals surface area contributed by atoms with Gasteiger partial charge in [0, 0.05) is 4.91 Å². The molecule has 16 heavy (non-hydrogen) atoms. The van der Waals surface area contributed by atoms with Crippen molar-refractivity contribution in [1.29, 1.82) is 0 Å². The predicted octanol–water partition coefficient (Wildman–Crippen LogP) is 2.29. The minimum atomic E-state index is -0.485. The molecule has 0 heterocycles. The van der Waals surface area contributed by atoms with Crippen LogP contribution in [0.1, 0.15) is 15.9 Å². The average molecular weight is 215 g/mol. The van der Waals surface area contributed by atoms with Gasteiger partial charge < -0.3 is 4.74 Å². The van der Waals surface area contributed by atoms with Crippen LogP contribution in [0.25, 0.3) is 10.4 Å². The quantitative estimate of drug-likeness (QED) is 0.254. The van der Waals surface area contributed by atoms with E-state index in [-0.39, 0.29) is 13.2 Å². The van der Waals surface area contributed by atoms with Gasteiger partial charge in [0.1, 0.15) is 0 Å². The van der Waals surface area contributed by atoms with Crippen LogP contribution in [-0.4, -0.2) is 12.6 Å². The van der Waals surface area contributed by atoms with Gasteiger partial charge in [-0.05, 0) is 23.2 Å². The van der Waals surface area contributed by atoms with E-state index in [1.54, 1.807) is 24.3 Å². The van der Waals surface area contributed by atoms with E-state index in [1.807, 2.05) is 0 Å². The fourth-order valence-electron chi connectivity index (χ4n) is 1.10. The van der Waals surface area contributed by atoms with Gasteiger partial charge in [0.2, 0.25) is 0 Å². The Morgan fingerprint density at radius 1 is 1.62 bits per heavy atom. The first kappa shape index (κ1) is 11.6. The number of azide groups is 1. The van der Waals surface area contributed by atoms with Crippen molar-refractivity contribution in [3.05, 3.63) is 45.8 Å². The molecule has 0 aliphatic rings. The van der Waals surface area contributed by atoms with Crippen LogP contribution >= 0.6 is 0 Å². The van der Waals surface area contributed by atoms with E-state index in [1.165, 1.54) is 0 Å². The number of rotatable bonds is 4. The zero-order chi connectivity index (χ0) is 11.8. The van der Waals surface area contributed by atoms with E-state index in [4.69, 9.17) is 16.7 Å². The highest BCUT2D eigenvalue weighted by Crippen LogP contribution is 2.08. The molecule has 0 aromatic heterocycles. The molecule has 0 bridgehead atoms. The number of carbonyl (C=O) groups excluding carboxylic acids is 1. The van der Waals surface area contributed by atoms with E-state index in [9.17, 15) is 4.79 Å². The Balaban J connectivity index is 2.77. The smallest absolute Gasteiger partial charge is 0.339 e. The Morgan fingerprint density at radius 2 is 2.44 bits per heavy atom. The molecule has 0 saturated carbocycles. The van der Waals surface area contributed by atoms with Crippen LogP contribution in [0.4, 0.5) is 0 Å². The molecule has 5 heteroatoms. The number of hydrogen-bond donors (Lipinski definition) is 0. The largest absolute Gasteiger partial charge is 0.449 e. The summed E-state index contributed by atoms with van der Waals surface area (Å²) in [5, 5.41) is 3.40. The van der Waals surface area contributed by atoms with Gasteiger partial charge in [-0.25, -0.2) is 4.79 Å². The molecular formula is C11H9N3O2. The summed E-state index contributed by atoms with van der Waals surface area (Å²) < 4.78 is 4.76. The van der Waals surface area contributed by atoms with Crippen LogP contribution in [0.3, 0.4) is 0 Å². The number of hydrogen-bond acceptors (Lipinski definition) is 3. The number of carbonyl (C=O) groups is 1. The molecule has 0 radical (unpaired) electrons. The molecule has 1 rings (SSSR count). The normalized spacial score (nSPS) is 8.69. The van der Waals surface area contributed by atoms with Gasteiger partial charge in [-0.15, -0.1) is 6.42 Å². The third-order valence-corrected chi connectivity index (χ3v) is 1.77. The van der Waals surface area contributed by atoms with E-state index in [0.717, 1.165) is 5.56 Å². The van der Waals surface area contributed by atoms with Gasteiger partial charge >= 0.3 is 5.97 Å². The van der Waals surface area contributed by atoms with Crippen LogP contribution < -0.4 is 0 Å². The second-order valence-electron chi connectivity index (χ2n) is 2.87. The number of ether oxygens (including phenoxy) is 1. The van der Waals surface area contributed by atoms with Crippen molar-refractivity contribution < 1.29 is 9.53 Å². The maximum Gasteiger partial charge on any atom is 0.339 e. The van der Waals surface area contributed by atoms with Crippen LogP contribution in [0.2, 0.25) is 0 Å². The summed E-state index contributed by atoms with van der Waals surface area (Å²) in [4.78, 5) is 14.0. The topological polar surface area (TPSA) is 75.1 Å². The van der Waals surface area contributed by atoms with Crippen LogP contribution in [0.5, 0.6) is 0 Å². The number of nitrogens with zero attached hydrogens (tertiary/aromatic N) is 3. The SMILES string of the molecule is C#CCOC(=O)c1cccc(CN=[N+]=[N-])c1. The fraction of sp³-hybridized carbons (Fsp3) is 0.182. The monoisotopic (exact) mass is 215 g/mol. The molecular weight excluding hydrogens is 206 g/mol. The Morgan fingerprint density at radius 3 is 3.12 bits per heavy atom. The number of esters is 1. The molecule has 0 aliphatic carbocycles. The molecule has 1 aromatic rings. The van der Waals surface area contributed by atoms with Crippen molar-refractivity contribution in [3.63, 3.8) is 0 Å². The predicted molar refractivity (Wildman–Crippen MR) is 58.4 cm³/mol. The van der Waals surface area contributed by atoms with Gasteiger partial charge in [-0.2, -0.15) is 0 Å². The lowest BCUT2D eigenvalue weighted by Crippen LogP contribution is -2.05. The first-order valence-corrected chi connectivity index (χ1v) is 4.48. The molecule has 5 nitrogen and oxygen atoms in total. The lowest BCUT2D eigenvalue weighted by molar-refractivity contribution is 0.0556. The summed E-state index contributed by atoms with van der Waals surface area (Å²) >= 11 is 0. The lowest BCUT2D eigenvalue weighted by atomic mass is 10.1. The van der Waals surface area contributed by atoms with Crippen molar-refractivity contribution in [1.82, 2.24) is 0 Å². The summed E-state index contributed by atoms with van der Waals surface area (Å²) in [6.45, 7) is 0.145. The summed E-state index contributed by atoms with van der Waals surface area (Å²) in [6, 6.07) is 6.66. The second-order valence-corrected chi connectivity index (χ2v) is 2.87. The third kappa shape index (κ3) is 3.37. The Kier molecular flexibility index (Phi) is 4.45. The van der Waals surface area contributed by atoms with Crippen LogP contribution in [-0.2, 0) is 11.3 Å². The highest BCUT2D eigenvalue weighted by atomic mass is 16.5. The maximum absolute atomic E-state index is 11.4. The summed E-state index contributed by atoms with van der Waals surface area (Å²) in [5.41, 5.74) is 9.30. The highest BCUT2D eigenvalue weighted by Gasteiger charge is 2.06. The van der Waals surface area contributed by atoms with E-state index < -0.39 is 5.97 Å². The van der Waals surface area contributed by atoms with Crippen LogP contribution in [0, 0.1) is 12.3 Å². The van der Waals surface area contributed by atoms with Crippen molar-refractivity contribution in [3.8, 4) is 12.3 Å². The van der Waals surface area contributed by atoms with Gasteiger partial charge in [-0.1, -0.05) is 23.2 Å². The maximum atomic E-state index is 11.4. The van der Waals surface area contributed by atoms with E-state index in [0.29, 0.717) is 5.56 Å². The number of terminal acetylenes is 1. The molecule has 0 spiro atoms. The molecule has 0 amide bonds. The van der Waals surface area contributed by atoms with Gasteiger partial charge in [0.05, 0.1) is 12.1 Å². The third-order valence-electron chi connectivity index (χ3n) is 1.77. The first-order valence-electron chi connectivity index (χ1n) is 4.48. The van der Waals surface area contributed by atoms with E-state index >= 15 is 0 Å². The zero-order valence-electron chi connectivity index (χ0n) is 8.46. The van der Waals surface area contributed by atoms with Crippen molar-refractivity contribution in [2.75, 3.05) is 6.61 Å². The standard InChI is InChI=1S/C11H9N3O2/c1-2-6-16-11(15)10-5-3-4-9(7-10)8-13-14-12/h1,3-5,7H,6,8H2. The fourth-order valence-corrected chi connectivity index (χ4v) is 1.10. The molecule has 0 N–H and O–H groups in total. The summed E-state index contributed by atoms with van der Waals surface area (Å²) in [5.74, 6) is 1.72. The molecule has 1 aromatic carbocycles. The molecule has 0 aliphatic heterocycles. The molecule has 0 fully saturated rings. The summed E-state index contributed by atoms with van der Waals surface area (Å²) in [7, 11) is 0. The molecule has 0 unspecified atom stereocenters. The second kappa shape index (κ2) is 6.12. The van der Waals surface area contributed by atoms with Crippen molar-refractivity contribution in [2.45, 2.75) is 6.54 Å². The van der Waals surface area contributed by atoms with Gasteiger partial charge in [0.15, 0.2) is 6.61 Å². The van der Waals surface area contributed by atoms with Crippen molar-refractivity contribution >= 4 is 5.97 Å². The first-order chi connectivity index (χ1) is 7.77. The molecule has 0 saturated heterocycles. The summed E-state index contributed by atoms with van der Waals surface area (Å²) in [6.07, 6.45) is 4.97. The Bertz CT molecular complexity index is 470. The van der Waals surface area contributed by atoms with Crippen molar-refractivity contribution in [2.24, 2.45) is 5.11 Å². The van der Waals surface area contributed by atoms with Gasteiger partial charge in [0.25, 0.3) is 0 Å². The lowest BCUT2D eigenvalue weighted by Gasteiger charge is -2.02. The highest BCUT2D eigenvalue weighted by molar-refractivity contribution is 5.89. The zero-order valence-corrected chi connectivity index (χ0v) is 8.46. The Hall–Kier alpha value is -2.44. The minimum Gasteiger partial charge on any atom is -0.449 e. The molecule has 80 valence electrons. The van der Waals surface area contributed by atoms with Gasteiger partial charge in [-0.3, -0.25) is 0 Å².